The number of rotatable bonds is 5. The number of nitrogens with zero attached hydrogens (tertiary/aromatic N) is 2. The maximum absolute atomic E-state index is 7.44. The van der Waals surface area contributed by atoms with E-state index in [0.717, 1.165) is 15.9 Å². The number of aromatic nitrogens is 2. The van der Waals surface area contributed by atoms with Crippen molar-refractivity contribution in [3.63, 3.8) is 0 Å². The Balaban J connectivity index is 2.22. The topological polar surface area (TPSA) is 86.2 Å². The van der Waals surface area contributed by atoms with Gasteiger partial charge in [0.25, 0.3) is 0 Å². The molecule has 0 amide bonds. The number of amidine groups is 1. The summed E-state index contributed by atoms with van der Waals surface area (Å²) >= 11 is 3.50. The van der Waals surface area contributed by atoms with E-state index < -0.39 is 0 Å². The minimum atomic E-state index is -0.00939. The van der Waals surface area contributed by atoms with Crippen LogP contribution in [-0.4, -0.2) is 22.7 Å². The Bertz CT molecular complexity index is 682. The molecule has 0 aliphatic carbocycles. The van der Waals surface area contributed by atoms with E-state index in [9.17, 15) is 0 Å². The predicted molar refractivity (Wildman–Crippen MR) is 84.0 cm³/mol. The van der Waals surface area contributed by atoms with Crippen LogP contribution >= 0.6 is 15.9 Å². The van der Waals surface area contributed by atoms with Gasteiger partial charge < -0.3 is 15.2 Å². The summed E-state index contributed by atoms with van der Waals surface area (Å²) in [5, 5.41) is 11.8. The van der Waals surface area contributed by atoms with Crippen molar-refractivity contribution in [3.8, 4) is 11.5 Å². The molecule has 6 nitrogen and oxygen atoms in total. The Morgan fingerprint density at radius 3 is 2.67 bits per heavy atom. The molecule has 0 spiro atoms. The summed E-state index contributed by atoms with van der Waals surface area (Å²) in [6.07, 6.45) is 0. The molecule has 0 unspecified atom stereocenters. The van der Waals surface area contributed by atoms with Crippen LogP contribution in [0.1, 0.15) is 17.0 Å². The molecule has 0 radical (unpaired) electrons. The van der Waals surface area contributed by atoms with Crippen molar-refractivity contribution < 1.29 is 9.47 Å². The third-order valence-electron chi connectivity index (χ3n) is 3.10. The lowest BCUT2D eigenvalue weighted by Gasteiger charge is -2.12. The van der Waals surface area contributed by atoms with E-state index in [0.29, 0.717) is 23.7 Å². The van der Waals surface area contributed by atoms with Crippen LogP contribution in [0.2, 0.25) is 0 Å². The van der Waals surface area contributed by atoms with Gasteiger partial charge in [-0.2, -0.15) is 5.10 Å². The molecular weight excluding hydrogens is 336 g/mol. The van der Waals surface area contributed by atoms with Crippen molar-refractivity contribution in [1.29, 1.82) is 5.41 Å². The van der Waals surface area contributed by atoms with E-state index in [2.05, 4.69) is 21.0 Å². The van der Waals surface area contributed by atoms with Crippen LogP contribution in [0.25, 0.3) is 0 Å². The fourth-order valence-corrected chi connectivity index (χ4v) is 2.39. The molecule has 112 valence electrons. The maximum atomic E-state index is 7.44. The maximum Gasteiger partial charge on any atom is 0.161 e. The van der Waals surface area contributed by atoms with Gasteiger partial charge >= 0.3 is 0 Å². The Morgan fingerprint density at radius 1 is 1.43 bits per heavy atom. The van der Waals surface area contributed by atoms with Crippen molar-refractivity contribution in [2.45, 2.75) is 13.5 Å². The third kappa shape index (κ3) is 3.18. The number of aryl methyl sites for hydroxylation is 2. The zero-order valence-corrected chi connectivity index (χ0v) is 13.7. The van der Waals surface area contributed by atoms with Gasteiger partial charge in [-0.15, -0.1) is 0 Å². The number of benzene rings is 1. The van der Waals surface area contributed by atoms with Crippen LogP contribution in [0.4, 0.5) is 0 Å². The molecule has 7 heteroatoms. The summed E-state index contributed by atoms with van der Waals surface area (Å²) in [7, 11) is 3.42. The Morgan fingerprint density at radius 2 is 2.14 bits per heavy atom. The molecule has 0 bridgehead atoms. The van der Waals surface area contributed by atoms with Crippen LogP contribution in [0, 0.1) is 12.3 Å². The molecule has 0 atom stereocenters. The minimum absolute atomic E-state index is 0.00939. The van der Waals surface area contributed by atoms with E-state index in [4.69, 9.17) is 20.6 Å². The molecule has 0 fully saturated rings. The number of hydrogen-bond donors (Lipinski definition) is 2. The zero-order chi connectivity index (χ0) is 15.6. The van der Waals surface area contributed by atoms with E-state index >= 15 is 0 Å². The molecule has 2 aromatic rings. The second-order valence-corrected chi connectivity index (χ2v) is 5.33. The monoisotopic (exact) mass is 352 g/mol. The van der Waals surface area contributed by atoms with Crippen LogP contribution in [0.5, 0.6) is 11.5 Å². The van der Waals surface area contributed by atoms with Crippen LogP contribution in [-0.2, 0) is 13.7 Å². The molecule has 1 aromatic carbocycles. The van der Waals surface area contributed by atoms with Gasteiger partial charge in [-0.05, 0) is 41.1 Å². The van der Waals surface area contributed by atoms with Gasteiger partial charge in [0.1, 0.15) is 12.4 Å². The Hall–Kier alpha value is -2.02. The zero-order valence-electron chi connectivity index (χ0n) is 12.1. The minimum Gasteiger partial charge on any atom is -0.493 e. The van der Waals surface area contributed by atoms with Gasteiger partial charge in [0, 0.05) is 12.6 Å². The lowest BCUT2D eigenvalue weighted by atomic mass is 10.2. The average Bonchev–Trinajstić information content (AvgIpc) is 2.70. The summed E-state index contributed by atoms with van der Waals surface area (Å²) in [4.78, 5) is 0. The molecule has 0 saturated carbocycles. The lowest BCUT2D eigenvalue weighted by Crippen LogP contribution is -2.11. The largest absolute Gasteiger partial charge is 0.493 e. The molecule has 0 aliphatic rings. The quantitative estimate of drug-likeness (QED) is 0.638. The number of methoxy groups -OCH3 is 1. The van der Waals surface area contributed by atoms with Gasteiger partial charge in [0.15, 0.2) is 11.5 Å². The number of ether oxygens (including phenoxy) is 2. The van der Waals surface area contributed by atoms with Gasteiger partial charge in [-0.25, -0.2) is 0 Å². The summed E-state index contributed by atoms with van der Waals surface area (Å²) in [5.74, 6) is 1.12. The molecule has 3 N–H and O–H groups in total. The van der Waals surface area contributed by atoms with Crippen LogP contribution in [0.15, 0.2) is 22.7 Å². The van der Waals surface area contributed by atoms with Crippen LogP contribution < -0.4 is 15.2 Å². The van der Waals surface area contributed by atoms with Gasteiger partial charge in [-0.1, -0.05) is 0 Å². The van der Waals surface area contributed by atoms with E-state index in [-0.39, 0.29) is 5.84 Å². The standard InChI is InChI=1S/C14H17BrN4O2/c1-8-13(15)10(19(2)18-8)7-21-11-5-4-9(14(16)17)6-12(11)20-3/h4-6H,7H2,1-3H3,(H3,16,17). The van der Waals surface area contributed by atoms with Gasteiger partial charge in [0.05, 0.1) is 23.0 Å². The van der Waals surface area contributed by atoms with Crippen LogP contribution in [0.3, 0.4) is 0 Å². The smallest absolute Gasteiger partial charge is 0.161 e. The lowest BCUT2D eigenvalue weighted by molar-refractivity contribution is 0.275. The van der Waals surface area contributed by atoms with E-state index in [1.807, 2.05) is 14.0 Å². The molecule has 0 saturated heterocycles. The highest BCUT2D eigenvalue weighted by Gasteiger charge is 2.13. The van der Waals surface area contributed by atoms with Gasteiger partial charge in [-0.3, -0.25) is 10.1 Å². The van der Waals surface area contributed by atoms with Crippen molar-refractivity contribution in [3.05, 3.63) is 39.6 Å². The first-order valence-corrected chi connectivity index (χ1v) is 7.06. The Labute approximate surface area is 131 Å². The first-order chi connectivity index (χ1) is 9.93. The third-order valence-corrected chi connectivity index (χ3v) is 4.13. The molecule has 1 heterocycles. The van der Waals surface area contributed by atoms with E-state index in [1.165, 1.54) is 0 Å². The molecule has 2 rings (SSSR count). The van der Waals surface area contributed by atoms with E-state index in [1.54, 1.807) is 30.0 Å². The van der Waals surface area contributed by atoms with Gasteiger partial charge in [0.2, 0.25) is 0 Å². The number of nitrogens with two attached hydrogens (primary N) is 1. The summed E-state index contributed by atoms with van der Waals surface area (Å²) < 4.78 is 13.8. The van der Waals surface area contributed by atoms with Crippen molar-refractivity contribution in [1.82, 2.24) is 9.78 Å². The SMILES string of the molecule is COc1cc(C(=N)N)ccc1OCc1c(Br)c(C)nn1C. The highest BCUT2D eigenvalue weighted by molar-refractivity contribution is 9.10. The highest BCUT2D eigenvalue weighted by atomic mass is 79.9. The fourth-order valence-electron chi connectivity index (χ4n) is 1.94. The number of nitrogens with one attached hydrogen (secondary N) is 1. The molecular formula is C14H17BrN4O2. The number of hydrogen-bond acceptors (Lipinski definition) is 4. The first-order valence-electron chi connectivity index (χ1n) is 6.27. The predicted octanol–water partition coefficient (Wildman–Crippen LogP) is 2.36. The number of halogens is 1. The molecule has 1 aromatic heterocycles. The summed E-state index contributed by atoms with van der Waals surface area (Å²) in [6, 6.07) is 5.15. The molecule has 0 aliphatic heterocycles. The van der Waals surface area contributed by atoms with Crippen molar-refractivity contribution in [2.24, 2.45) is 12.8 Å². The summed E-state index contributed by atoms with van der Waals surface area (Å²) in [5.41, 5.74) is 7.91. The molecule has 21 heavy (non-hydrogen) atoms. The average molecular weight is 353 g/mol. The Kier molecular flexibility index (Phi) is 4.52. The summed E-state index contributed by atoms with van der Waals surface area (Å²) in [6.45, 7) is 2.28. The van der Waals surface area contributed by atoms with Crippen molar-refractivity contribution >= 4 is 21.8 Å². The first kappa shape index (κ1) is 15.4. The van der Waals surface area contributed by atoms with Crippen molar-refractivity contribution in [2.75, 3.05) is 7.11 Å². The second-order valence-electron chi connectivity index (χ2n) is 4.54. The number of nitrogen functional groups attached to an aromatic ring is 1. The highest BCUT2D eigenvalue weighted by Crippen LogP contribution is 2.30. The normalized spacial score (nSPS) is 10.5. The fraction of sp³-hybridized carbons (Fsp3) is 0.286. The second kappa shape index (κ2) is 6.17.